The first kappa shape index (κ1) is 10.2. The first-order valence-corrected chi connectivity index (χ1v) is 6.07. The van der Waals surface area contributed by atoms with Gasteiger partial charge in [0.05, 0.1) is 6.10 Å². The highest BCUT2D eigenvalue weighted by Crippen LogP contribution is 2.32. The van der Waals surface area contributed by atoms with Crippen molar-refractivity contribution in [3.05, 3.63) is 11.6 Å². The minimum absolute atomic E-state index is 0.126. The van der Waals surface area contributed by atoms with Gasteiger partial charge in [-0.3, -0.25) is 0 Å². The molecule has 1 aromatic heterocycles. The van der Waals surface area contributed by atoms with Crippen molar-refractivity contribution in [2.45, 2.75) is 57.4 Å². The van der Waals surface area contributed by atoms with Crippen LogP contribution >= 0.6 is 0 Å². The van der Waals surface area contributed by atoms with Gasteiger partial charge in [-0.15, -0.1) is 10.2 Å². The zero-order chi connectivity index (χ0) is 11.1. The van der Waals surface area contributed by atoms with Crippen molar-refractivity contribution in [2.24, 2.45) is 5.73 Å². The molecule has 3 heterocycles. The molecular weight excluding hydrogens is 204 g/mol. The van der Waals surface area contributed by atoms with Gasteiger partial charge in [0.25, 0.3) is 0 Å². The largest absolute Gasteiger partial charge is 0.367 e. The maximum absolute atomic E-state index is 5.99. The lowest BCUT2D eigenvalue weighted by molar-refractivity contribution is 0.0474. The van der Waals surface area contributed by atoms with E-state index in [1.165, 1.54) is 0 Å². The summed E-state index contributed by atoms with van der Waals surface area (Å²) in [6.07, 6.45) is 4.58. The highest BCUT2D eigenvalue weighted by molar-refractivity contribution is 5.04. The van der Waals surface area contributed by atoms with Crippen LogP contribution in [0.1, 0.15) is 43.9 Å². The summed E-state index contributed by atoms with van der Waals surface area (Å²) in [6, 6.07) is 0.237. The molecule has 0 aliphatic carbocycles. The van der Waals surface area contributed by atoms with Crippen LogP contribution in [0.3, 0.4) is 0 Å². The average Bonchev–Trinajstić information content (AvgIpc) is 2.83. The van der Waals surface area contributed by atoms with Crippen LogP contribution in [0.4, 0.5) is 0 Å². The Kier molecular flexibility index (Phi) is 2.44. The molecule has 2 aliphatic heterocycles. The summed E-state index contributed by atoms with van der Waals surface area (Å²) in [5.41, 5.74) is 5.99. The zero-order valence-corrected chi connectivity index (χ0v) is 9.59. The van der Waals surface area contributed by atoms with Crippen molar-refractivity contribution < 1.29 is 4.74 Å². The van der Waals surface area contributed by atoms with Crippen LogP contribution in [0.5, 0.6) is 0 Å². The second-order valence-electron chi connectivity index (χ2n) is 4.90. The molecule has 0 saturated carbocycles. The Balaban J connectivity index is 1.88. The minimum atomic E-state index is 0.126. The summed E-state index contributed by atoms with van der Waals surface area (Å²) in [5.74, 6) is 2.05. The third kappa shape index (κ3) is 1.64. The van der Waals surface area contributed by atoms with Crippen molar-refractivity contribution in [3.63, 3.8) is 0 Å². The van der Waals surface area contributed by atoms with Gasteiger partial charge in [0.1, 0.15) is 11.9 Å². The molecule has 3 unspecified atom stereocenters. The molecule has 3 rings (SSSR count). The van der Waals surface area contributed by atoms with Crippen LogP contribution in [0.2, 0.25) is 0 Å². The van der Waals surface area contributed by atoms with E-state index >= 15 is 0 Å². The molecule has 1 fully saturated rings. The Morgan fingerprint density at radius 2 is 2.19 bits per heavy atom. The zero-order valence-electron chi connectivity index (χ0n) is 9.59. The third-order valence-corrected chi connectivity index (χ3v) is 3.53. The number of aromatic nitrogens is 3. The molecule has 5 heteroatoms. The summed E-state index contributed by atoms with van der Waals surface area (Å²) in [5, 5.41) is 8.52. The van der Waals surface area contributed by atoms with E-state index in [0.717, 1.165) is 43.9 Å². The molecule has 2 N–H and O–H groups in total. The summed E-state index contributed by atoms with van der Waals surface area (Å²) in [6.45, 7) is 2.95. The van der Waals surface area contributed by atoms with Crippen molar-refractivity contribution in [2.75, 3.05) is 0 Å². The second-order valence-corrected chi connectivity index (χ2v) is 4.90. The minimum Gasteiger partial charge on any atom is -0.367 e. The van der Waals surface area contributed by atoms with E-state index in [4.69, 9.17) is 10.5 Å². The summed E-state index contributed by atoms with van der Waals surface area (Å²) >= 11 is 0. The summed E-state index contributed by atoms with van der Waals surface area (Å²) < 4.78 is 8.01. The van der Waals surface area contributed by atoms with E-state index in [2.05, 4.69) is 21.7 Å². The molecular formula is C11H18N4O. The van der Waals surface area contributed by atoms with E-state index in [0.29, 0.717) is 6.10 Å². The van der Waals surface area contributed by atoms with E-state index < -0.39 is 0 Å². The summed E-state index contributed by atoms with van der Waals surface area (Å²) in [4.78, 5) is 0. The van der Waals surface area contributed by atoms with E-state index in [9.17, 15) is 0 Å². The highest BCUT2D eigenvalue weighted by atomic mass is 16.5. The SMILES string of the molecule is CC1CCC(c2nnc3n2CC(N)CC3)O1. The average molecular weight is 222 g/mol. The van der Waals surface area contributed by atoms with E-state index in [1.54, 1.807) is 0 Å². The van der Waals surface area contributed by atoms with Crippen molar-refractivity contribution in [3.8, 4) is 0 Å². The normalized spacial score (nSPS) is 34.0. The standard InChI is InChI=1S/C11H18N4O/c1-7-2-4-9(16-7)11-14-13-10-5-3-8(12)6-15(10)11/h7-9H,2-6,12H2,1H3. The van der Waals surface area contributed by atoms with E-state index in [-0.39, 0.29) is 12.1 Å². The van der Waals surface area contributed by atoms with Gasteiger partial charge in [0, 0.05) is 19.0 Å². The molecule has 0 radical (unpaired) electrons. The van der Waals surface area contributed by atoms with Crippen LogP contribution in [0.15, 0.2) is 0 Å². The lowest BCUT2D eigenvalue weighted by atomic mass is 10.1. The Hall–Kier alpha value is -0.940. The Morgan fingerprint density at radius 1 is 1.31 bits per heavy atom. The lowest BCUT2D eigenvalue weighted by Gasteiger charge is -2.22. The number of hydrogen-bond donors (Lipinski definition) is 1. The van der Waals surface area contributed by atoms with Crippen LogP contribution in [-0.2, 0) is 17.7 Å². The molecule has 2 aliphatic rings. The van der Waals surface area contributed by atoms with Gasteiger partial charge in [-0.2, -0.15) is 0 Å². The molecule has 1 aromatic rings. The number of hydrogen-bond acceptors (Lipinski definition) is 4. The Labute approximate surface area is 95.0 Å². The first-order valence-electron chi connectivity index (χ1n) is 6.07. The maximum atomic E-state index is 5.99. The highest BCUT2D eigenvalue weighted by Gasteiger charge is 2.30. The number of rotatable bonds is 1. The third-order valence-electron chi connectivity index (χ3n) is 3.53. The quantitative estimate of drug-likeness (QED) is 0.763. The molecule has 0 bridgehead atoms. The van der Waals surface area contributed by atoms with Crippen LogP contribution in [0.25, 0.3) is 0 Å². The van der Waals surface area contributed by atoms with Gasteiger partial charge in [0.2, 0.25) is 0 Å². The van der Waals surface area contributed by atoms with Crippen molar-refractivity contribution >= 4 is 0 Å². The smallest absolute Gasteiger partial charge is 0.162 e. The molecule has 3 atom stereocenters. The number of nitrogens with zero attached hydrogens (tertiary/aromatic N) is 3. The molecule has 88 valence electrons. The monoisotopic (exact) mass is 222 g/mol. The fourth-order valence-electron chi connectivity index (χ4n) is 2.60. The lowest BCUT2D eigenvalue weighted by Crippen LogP contribution is -2.33. The van der Waals surface area contributed by atoms with Gasteiger partial charge in [-0.25, -0.2) is 0 Å². The van der Waals surface area contributed by atoms with Gasteiger partial charge < -0.3 is 15.0 Å². The maximum Gasteiger partial charge on any atom is 0.162 e. The molecule has 0 aromatic carbocycles. The second kappa shape index (κ2) is 3.82. The molecule has 0 amide bonds. The van der Waals surface area contributed by atoms with E-state index in [1.807, 2.05) is 0 Å². The molecule has 16 heavy (non-hydrogen) atoms. The molecule has 0 spiro atoms. The predicted octanol–water partition coefficient (Wildman–Crippen LogP) is 0.792. The number of nitrogens with two attached hydrogens (primary N) is 1. The van der Waals surface area contributed by atoms with Crippen LogP contribution < -0.4 is 5.73 Å². The van der Waals surface area contributed by atoms with Crippen molar-refractivity contribution in [1.29, 1.82) is 0 Å². The number of fused-ring (bicyclic) bond motifs is 1. The fourth-order valence-corrected chi connectivity index (χ4v) is 2.60. The Morgan fingerprint density at radius 3 is 2.94 bits per heavy atom. The molecule has 1 saturated heterocycles. The van der Waals surface area contributed by atoms with Crippen LogP contribution in [-0.4, -0.2) is 26.9 Å². The van der Waals surface area contributed by atoms with Gasteiger partial charge in [-0.05, 0) is 26.2 Å². The van der Waals surface area contributed by atoms with Gasteiger partial charge in [0.15, 0.2) is 5.82 Å². The fraction of sp³-hybridized carbons (Fsp3) is 0.818. The first-order chi connectivity index (χ1) is 7.74. The van der Waals surface area contributed by atoms with Crippen LogP contribution in [0, 0.1) is 0 Å². The number of aryl methyl sites for hydroxylation is 1. The van der Waals surface area contributed by atoms with Gasteiger partial charge >= 0.3 is 0 Å². The number of ether oxygens (including phenoxy) is 1. The predicted molar refractivity (Wildman–Crippen MR) is 58.8 cm³/mol. The molecule has 5 nitrogen and oxygen atoms in total. The van der Waals surface area contributed by atoms with Gasteiger partial charge in [-0.1, -0.05) is 0 Å². The van der Waals surface area contributed by atoms with Crippen molar-refractivity contribution in [1.82, 2.24) is 14.8 Å². The topological polar surface area (TPSA) is 66.0 Å². The Bertz CT molecular complexity index is 389. The summed E-state index contributed by atoms with van der Waals surface area (Å²) in [7, 11) is 0.